The lowest BCUT2D eigenvalue weighted by molar-refractivity contribution is -0.384. The number of carbonyl (C=O) groups excluding carboxylic acids is 2. The van der Waals surface area contributed by atoms with E-state index in [9.17, 15) is 19.7 Å². The molecule has 1 aromatic carbocycles. The molecular weight excluding hydrogens is 400 g/mol. The zero-order valence-electron chi connectivity index (χ0n) is 16.9. The molecule has 29 heavy (non-hydrogen) atoms. The van der Waals surface area contributed by atoms with E-state index in [2.05, 4.69) is 10.6 Å². The highest BCUT2D eigenvalue weighted by atomic mass is 35.5. The Morgan fingerprint density at radius 2 is 2.00 bits per heavy atom. The number of anilines is 1. The van der Waals surface area contributed by atoms with Crippen LogP contribution in [0.1, 0.15) is 33.6 Å². The topological polar surface area (TPSA) is 114 Å². The second-order valence-electron chi connectivity index (χ2n) is 7.90. The Morgan fingerprint density at radius 3 is 2.62 bits per heavy atom. The van der Waals surface area contributed by atoms with Crippen LogP contribution in [0.25, 0.3) is 0 Å². The van der Waals surface area contributed by atoms with Gasteiger partial charge in [0.2, 0.25) is 5.91 Å². The average Bonchev–Trinajstić information content (AvgIpc) is 2.63. The minimum Gasteiger partial charge on any atom is -0.444 e. The molecule has 0 aromatic heterocycles. The van der Waals surface area contributed by atoms with Crippen LogP contribution in [0.2, 0.25) is 5.02 Å². The number of hydrogen-bond donors (Lipinski definition) is 2. The molecule has 2 rings (SSSR count). The molecule has 10 heteroatoms. The minimum absolute atomic E-state index is 0.0671. The normalized spacial score (nSPS) is 16.8. The zero-order valence-corrected chi connectivity index (χ0v) is 17.6. The zero-order chi connectivity index (χ0) is 21.6. The first-order valence-corrected chi connectivity index (χ1v) is 9.88. The third kappa shape index (κ3) is 7.08. The number of hydrogen-bond acceptors (Lipinski definition) is 6. The van der Waals surface area contributed by atoms with Gasteiger partial charge < -0.3 is 20.3 Å². The van der Waals surface area contributed by atoms with Gasteiger partial charge in [-0.2, -0.15) is 0 Å². The molecular formula is C19H27ClN4O5. The molecule has 9 nitrogen and oxygen atoms in total. The summed E-state index contributed by atoms with van der Waals surface area (Å²) in [5.74, 6) is -0.324. The third-order valence-electron chi connectivity index (χ3n) is 4.37. The van der Waals surface area contributed by atoms with Crippen molar-refractivity contribution in [3.05, 3.63) is 33.3 Å². The van der Waals surface area contributed by atoms with Crippen LogP contribution in [0, 0.1) is 16.0 Å². The highest BCUT2D eigenvalue weighted by molar-refractivity contribution is 6.33. The Morgan fingerprint density at radius 1 is 1.31 bits per heavy atom. The highest BCUT2D eigenvalue weighted by Crippen LogP contribution is 2.32. The van der Waals surface area contributed by atoms with Gasteiger partial charge in [0.25, 0.3) is 5.69 Å². The fraction of sp³-hybridized carbons (Fsp3) is 0.579. The maximum absolute atomic E-state index is 12.5. The van der Waals surface area contributed by atoms with Crippen molar-refractivity contribution in [2.24, 2.45) is 5.92 Å². The average molecular weight is 427 g/mol. The van der Waals surface area contributed by atoms with Crippen LogP contribution in [0.5, 0.6) is 0 Å². The van der Waals surface area contributed by atoms with Gasteiger partial charge in [0.15, 0.2) is 0 Å². The Labute approximate surface area is 174 Å². The van der Waals surface area contributed by atoms with E-state index in [1.165, 1.54) is 12.1 Å². The van der Waals surface area contributed by atoms with Crippen molar-refractivity contribution in [3.8, 4) is 0 Å². The van der Waals surface area contributed by atoms with Crippen LogP contribution < -0.4 is 15.5 Å². The number of carbonyl (C=O) groups is 2. The molecule has 2 amide bonds. The van der Waals surface area contributed by atoms with Gasteiger partial charge in [-0.1, -0.05) is 11.6 Å². The summed E-state index contributed by atoms with van der Waals surface area (Å²) in [5.41, 5.74) is 0.0433. The number of ether oxygens (including phenoxy) is 1. The Hall–Kier alpha value is -2.55. The summed E-state index contributed by atoms with van der Waals surface area (Å²) in [4.78, 5) is 36.4. The summed E-state index contributed by atoms with van der Waals surface area (Å²) in [6, 6.07) is 4.35. The molecule has 1 atom stereocenters. The second-order valence-corrected chi connectivity index (χ2v) is 8.30. The third-order valence-corrected chi connectivity index (χ3v) is 4.67. The minimum atomic E-state index is -0.571. The molecule has 0 bridgehead atoms. The molecule has 0 spiro atoms. The molecule has 1 saturated heterocycles. The van der Waals surface area contributed by atoms with Crippen LogP contribution in [-0.4, -0.2) is 48.7 Å². The van der Waals surface area contributed by atoms with Crippen molar-refractivity contribution in [1.82, 2.24) is 10.6 Å². The lowest BCUT2D eigenvalue weighted by Crippen LogP contribution is -2.45. The smallest absolute Gasteiger partial charge is 0.407 e. The predicted octanol–water partition coefficient (Wildman–Crippen LogP) is 3.11. The van der Waals surface area contributed by atoms with Crippen LogP contribution >= 0.6 is 11.6 Å². The highest BCUT2D eigenvalue weighted by Gasteiger charge is 2.27. The van der Waals surface area contributed by atoms with Gasteiger partial charge >= 0.3 is 6.09 Å². The molecule has 1 unspecified atom stereocenters. The summed E-state index contributed by atoms with van der Waals surface area (Å²) in [6.45, 7) is 7.10. The molecule has 0 radical (unpaired) electrons. The van der Waals surface area contributed by atoms with Crippen LogP contribution in [0.15, 0.2) is 18.2 Å². The molecule has 0 saturated carbocycles. The van der Waals surface area contributed by atoms with Gasteiger partial charge in [-0.25, -0.2) is 4.79 Å². The van der Waals surface area contributed by atoms with Crippen LogP contribution in [0.3, 0.4) is 0 Å². The number of rotatable bonds is 6. The first-order valence-electron chi connectivity index (χ1n) is 9.50. The van der Waals surface area contributed by atoms with E-state index in [0.717, 1.165) is 19.4 Å². The number of alkyl carbamates (subject to hydrolysis) is 1. The van der Waals surface area contributed by atoms with Gasteiger partial charge in [-0.15, -0.1) is 0 Å². The lowest BCUT2D eigenvalue weighted by atomic mass is 9.96. The maximum Gasteiger partial charge on any atom is 0.407 e. The second kappa shape index (κ2) is 9.78. The molecule has 2 N–H and O–H groups in total. The number of nitro benzene ring substituents is 1. The number of piperidine rings is 1. The van der Waals surface area contributed by atoms with Gasteiger partial charge in [-0.05, 0) is 39.7 Å². The summed E-state index contributed by atoms with van der Waals surface area (Å²) in [5, 5.41) is 16.6. The van der Waals surface area contributed by atoms with E-state index in [1.807, 2.05) is 4.90 Å². The van der Waals surface area contributed by atoms with Crippen molar-refractivity contribution in [3.63, 3.8) is 0 Å². The van der Waals surface area contributed by atoms with Crippen molar-refractivity contribution in [2.75, 3.05) is 31.1 Å². The molecule has 160 valence electrons. The lowest BCUT2D eigenvalue weighted by Gasteiger charge is -2.34. The standard InChI is InChI=1S/C19H27ClN4O5/c1-19(2,3)29-18(26)22-9-8-21-17(25)13-5-4-10-23(12-13)16-7-6-14(24(27)28)11-15(16)20/h6-7,11,13H,4-5,8-10,12H2,1-3H3,(H,21,25)(H,22,26). The SMILES string of the molecule is CC(C)(C)OC(=O)NCCNC(=O)C1CCCN(c2ccc([N+](=O)[O-])cc2Cl)C1. The van der Waals surface area contributed by atoms with E-state index >= 15 is 0 Å². The van der Waals surface area contributed by atoms with Crippen LogP contribution in [0.4, 0.5) is 16.2 Å². The summed E-state index contributed by atoms with van der Waals surface area (Å²) in [7, 11) is 0. The number of non-ortho nitro benzene ring substituents is 1. The Bertz CT molecular complexity index is 765. The molecule has 1 aliphatic heterocycles. The van der Waals surface area contributed by atoms with E-state index in [4.69, 9.17) is 16.3 Å². The number of benzene rings is 1. The van der Waals surface area contributed by atoms with Crippen molar-refractivity contribution < 1.29 is 19.2 Å². The molecule has 1 aliphatic rings. The summed E-state index contributed by atoms with van der Waals surface area (Å²) < 4.78 is 5.13. The summed E-state index contributed by atoms with van der Waals surface area (Å²) >= 11 is 6.21. The number of nitrogens with zero attached hydrogens (tertiary/aromatic N) is 2. The maximum atomic E-state index is 12.5. The first kappa shape index (κ1) is 22.7. The van der Waals surface area contributed by atoms with Crippen molar-refractivity contribution in [1.29, 1.82) is 0 Å². The van der Waals surface area contributed by atoms with Gasteiger partial charge in [0.05, 0.1) is 21.6 Å². The fourth-order valence-electron chi connectivity index (χ4n) is 3.08. The molecule has 1 fully saturated rings. The number of nitro groups is 1. The number of nitrogens with one attached hydrogen (secondary N) is 2. The number of halogens is 1. The molecule has 1 aromatic rings. The number of amides is 2. The van der Waals surface area contributed by atoms with Crippen molar-refractivity contribution in [2.45, 2.75) is 39.2 Å². The van der Waals surface area contributed by atoms with Crippen LogP contribution in [-0.2, 0) is 9.53 Å². The van der Waals surface area contributed by atoms with E-state index in [-0.39, 0.29) is 24.1 Å². The van der Waals surface area contributed by atoms with E-state index < -0.39 is 16.6 Å². The molecule has 0 aliphatic carbocycles. The largest absolute Gasteiger partial charge is 0.444 e. The van der Waals surface area contributed by atoms with E-state index in [1.54, 1.807) is 26.8 Å². The van der Waals surface area contributed by atoms with Crippen molar-refractivity contribution >= 4 is 35.0 Å². The Balaban J connectivity index is 1.83. The van der Waals surface area contributed by atoms with Gasteiger partial charge in [0, 0.05) is 38.3 Å². The van der Waals surface area contributed by atoms with Gasteiger partial charge in [0.1, 0.15) is 5.60 Å². The molecule has 1 heterocycles. The first-order chi connectivity index (χ1) is 13.6. The quantitative estimate of drug-likeness (QED) is 0.410. The Kier molecular flexibility index (Phi) is 7.66. The fourth-order valence-corrected chi connectivity index (χ4v) is 3.38. The monoisotopic (exact) mass is 426 g/mol. The van der Waals surface area contributed by atoms with Gasteiger partial charge in [-0.3, -0.25) is 14.9 Å². The summed E-state index contributed by atoms with van der Waals surface area (Å²) in [6.07, 6.45) is 1.02. The predicted molar refractivity (Wildman–Crippen MR) is 110 cm³/mol. The van der Waals surface area contributed by atoms with E-state index in [0.29, 0.717) is 23.8 Å².